The van der Waals surface area contributed by atoms with Crippen LogP contribution in [0.2, 0.25) is 0 Å². The minimum absolute atomic E-state index is 0.0907. The Hall–Kier alpha value is -4.16. The number of hydrogen-bond acceptors (Lipinski definition) is 5. The van der Waals surface area contributed by atoms with E-state index in [1.54, 1.807) is 18.2 Å². The van der Waals surface area contributed by atoms with E-state index in [0.29, 0.717) is 16.5 Å². The molecule has 6 heteroatoms. The van der Waals surface area contributed by atoms with Gasteiger partial charge >= 0.3 is 5.97 Å². The van der Waals surface area contributed by atoms with Crippen LogP contribution in [-0.4, -0.2) is 26.9 Å². The van der Waals surface area contributed by atoms with Gasteiger partial charge in [-0.1, -0.05) is 42.2 Å². The smallest absolute Gasteiger partial charge is 0.303 e. The molecule has 136 valence electrons. The second kappa shape index (κ2) is 8.03. The van der Waals surface area contributed by atoms with Crippen molar-refractivity contribution in [2.45, 2.75) is 12.8 Å². The molecule has 3 aromatic rings. The number of nitriles is 1. The normalized spacial score (nSPS) is 9.96. The van der Waals surface area contributed by atoms with Gasteiger partial charge in [0.25, 0.3) is 0 Å². The number of aliphatic carboxylic acids is 1. The molecule has 0 aliphatic carbocycles. The molecule has 28 heavy (non-hydrogen) atoms. The molecular formula is C22H14N2O4. The van der Waals surface area contributed by atoms with E-state index in [1.165, 1.54) is 0 Å². The topological polar surface area (TPSA) is 111 Å². The number of benzene rings is 2. The molecule has 3 rings (SSSR count). The summed E-state index contributed by atoms with van der Waals surface area (Å²) in [5.74, 6) is 3.65. The van der Waals surface area contributed by atoms with Gasteiger partial charge in [-0.25, -0.2) is 4.98 Å². The number of aromatic hydroxyl groups is 1. The first kappa shape index (κ1) is 18.6. The summed E-state index contributed by atoms with van der Waals surface area (Å²) >= 11 is 0. The van der Waals surface area contributed by atoms with Crippen LogP contribution < -0.4 is 0 Å². The van der Waals surface area contributed by atoms with Crippen molar-refractivity contribution < 1.29 is 19.8 Å². The van der Waals surface area contributed by atoms with Crippen molar-refractivity contribution >= 4 is 22.7 Å². The van der Waals surface area contributed by atoms with Crippen molar-refractivity contribution in [2.24, 2.45) is 0 Å². The van der Waals surface area contributed by atoms with Crippen molar-refractivity contribution in [1.82, 2.24) is 4.98 Å². The third kappa shape index (κ3) is 3.82. The maximum Gasteiger partial charge on any atom is 0.303 e. The molecule has 0 radical (unpaired) electrons. The summed E-state index contributed by atoms with van der Waals surface area (Å²) in [4.78, 5) is 27.3. The number of carbonyl (C=O) groups is 2. The van der Waals surface area contributed by atoms with Gasteiger partial charge in [0, 0.05) is 17.4 Å². The number of hydrogen-bond donors (Lipinski definition) is 2. The highest BCUT2D eigenvalue weighted by Gasteiger charge is 2.21. The molecular weight excluding hydrogens is 356 g/mol. The zero-order chi connectivity index (χ0) is 20.1. The summed E-state index contributed by atoms with van der Waals surface area (Å²) in [5, 5.41) is 28.9. The highest BCUT2D eigenvalue weighted by Crippen LogP contribution is 2.30. The summed E-state index contributed by atoms with van der Waals surface area (Å²) in [6, 6.07) is 16.2. The highest BCUT2D eigenvalue weighted by molar-refractivity contribution is 6.03. The lowest BCUT2D eigenvalue weighted by molar-refractivity contribution is -0.136. The molecule has 6 nitrogen and oxygen atoms in total. The molecule has 0 saturated carbocycles. The fourth-order valence-electron chi connectivity index (χ4n) is 2.68. The van der Waals surface area contributed by atoms with Gasteiger partial charge < -0.3 is 10.2 Å². The van der Waals surface area contributed by atoms with E-state index in [4.69, 9.17) is 5.11 Å². The summed E-state index contributed by atoms with van der Waals surface area (Å²) in [7, 11) is 0. The predicted molar refractivity (Wildman–Crippen MR) is 102 cm³/mol. The lowest BCUT2D eigenvalue weighted by Crippen LogP contribution is -2.08. The first-order valence-electron chi connectivity index (χ1n) is 8.39. The van der Waals surface area contributed by atoms with Crippen LogP contribution in [0.3, 0.4) is 0 Å². The van der Waals surface area contributed by atoms with E-state index in [1.807, 2.05) is 36.4 Å². The Morgan fingerprint density at radius 3 is 2.43 bits per heavy atom. The van der Waals surface area contributed by atoms with Gasteiger partial charge in [-0.3, -0.25) is 9.59 Å². The zero-order valence-corrected chi connectivity index (χ0v) is 14.6. The maximum absolute atomic E-state index is 12.3. The number of carbonyl (C=O) groups excluding carboxylic acids is 1. The second-order valence-electron chi connectivity index (χ2n) is 5.93. The van der Waals surface area contributed by atoms with Gasteiger partial charge in [0.05, 0.1) is 17.5 Å². The fourth-order valence-corrected chi connectivity index (χ4v) is 2.68. The first-order valence-corrected chi connectivity index (χ1v) is 8.39. The highest BCUT2D eigenvalue weighted by atomic mass is 16.4. The SMILES string of the molecule is N#Cc1c(O)c(C(=O)CCC(=O)O)nc2c(C#Cc3ccccc3)cccc12. The molecule has 0 aliphatic rings. The molecule has 0 amide bonds. The molecule has 1 heterocycles. The van der Waals surface area contributed by atoms with Crippen molar-refractivity contribution in [2.75, 3.05) is 0 Å². The number of fused-ring (bicyclic) bond motifs is 1. The van der Waals surface area contributed by atoms with Crippen LogP contribution in [0.15, 0.2) is 48.5 Å². The van der Waals surface area contributed by atoms with Crippen LogP contribution in [-0.2, 0) is 4.79 Å². The van der Waals surface area contributed by atoms with Gasteiger partial charge in [-0.15, -0.1) is 0 Å². The van der Waals surface area contributed by atoms with Crippen molar-refractivity contribution in [3.8, 4) is 23.7 Å². The number of nitrogens with zero attached hydrogens (tertiary/aromatic N) is 2. The minimum atomic E-state index is -1.14. The van der Waals surface area contributed by atoms with E-state index < -0.39 is 23.9 Å². The summed E-state index contributed by atoms with van der Waals surface area (Å²) in [5.41, 5.74) is 1.17. The van der Waals surface area contributed by atoms with Crippen LogP contribution in [0.5, 0.6) is 5.75 Å². The molecule has 0 bridgehead atoms. The van der Waals surface area contributed by atoms with Gasteiger partial charge in [-0.05, 0) is 18.2 Å². The summed E-state index contributed by atoms with van der Waals surface area (Å²) < 4.78 is 0. The van der Waals surface area contributed by atoms with Crippen molar-refractivity contribution in [3.63, 3.8) is 0 Å². The third-order valence-corrected chi connectivity index (χ3v) is 4.05. The van der Waals surface area contributed by atoms with E-state index in [9.17, 15) is 20.0 Å². The molecule has 0 saturated heterocycles. The summed E-state index contributed by atoms with van der Waals surface area (Å²) in [6.45, 7) is 0. The number of Topliss-reactive ketones (excluding diaryl/α,β-unsaturated/α-hetero) is 1. The Bertz CT molecular complexity index is 1180. The first-order chi connectivity index (χ1) is 13.5. The third-order valence-electron chi connectivity index (χ3n) is 4.05. The van der Waals surface area contributed by atoms with E-state index in [-0.39, 0.29) is 17.7 Å². The van der Waals surface area contributed by atoms with Gasteiger partial charge in [0.2, 0.25) is 0 Å². The lowest BCUT2D eigenvalue weighted by Gasteiger charge is -2.09. The number of rotatable bonds is 4. The average Bonchev–Trinajstić information content (AvgIpc) is 2.70. The molecule has 0 unspecified atom stereocenters. The van der Waals surface area contributed by atoms with E-state index >= 15 is 0 Å². The number of pyridine rings is 1. The standard InChI is InChI=1S/C22H14N2O4/c23-13-17-16-8-4-7-15(10-9-14-5-2-1-3-6-14)20(16)24-21(22(17)28)18(25)11-12-19(26)27/h1-8,28H,11-12H2,(H,26,27). The van der Waals surface area contributed by atoms with Crippen LogP contribution in [0.1, 0.15) is 40.0 Å². The average molecular weight is 370 g/mol. The molecule has 0 atom stereocenters. The van der Waals surface area contributed by atoms with Gasteiger partial charge in [0.1, 0.15) is 17.3 Å². The van der Waals surface area contributed by atoms with Crippen molar-refractivity contribution in [3.05, 3.63) is 70.9 Å². The molecule has 0 aliphatic heterocycles. The van der Waals surface area contributed by atoms with Crippen LogP contribution in [0, 0.1) is 23.2 Å². The van der Waals surface area contributed by atoms with Gasteiger partial charge in [0.15, 0.2) is 11.5 Å². The van der Waals surface area contributed by atoms with Crippen molar-refractivity contribution in [1.29, 1.82) is 5.26 Å². The Labute approximate surface area is 160 Å². The number of ketones is 1. The molecule has 2 aromatic carbocycles. The Morgan fingerprint density at radius 2 is 1.75 bits per heavy atom. The molecule has 0 spiro atoms. The minimum Gasteiger partial charge on any atom is -0.504 e. The van der Waals surface area contributed by atoms with E-state index in [2.05, 4.69) is 16.8 Å². The summed E-state index contributed by atoms with van der Waals surface area (Å²) in [6.07, 6.45) is -0.723. The largest absolute Gasteiger partial charge is 0.504 e. The monoisotopic (exact) mass is 370 g/mol. The number of carboxylic acids is 1. The quantitative estimate of drug-likeness (QED) is 0.539. The van der Waals surface area contributed by atoms with Crippen LogP contribution >= 0.6 is 0 Å². The number of aromatic nitrogens is 1. The van der Waals surface area contributed by atoms with Crippen LogP contribution in [0.4, 0.5) is 0 Å². The number of carboxylic acid groups (broad SMARTS) is 1. The van der Waals surface area contributed by atoms with Gasteiger partial charge in [-0.2, -0.15) is 5.26 Å². The Kier molecular flexibility index (Phi) is 5.34. The Balaban J connectivity index is 2.16. The Morgan fingerprint density at radius 1 is 1.00 bits per heavy atom. The molecule has 0 fully saturated rings. The number of para-hydroxylation sites is 1. The molecule has 2 N–H and O–H groups in total. The van der Waals surface area contributed by atoms with Crippen LogP contribution in [0.25, 0.3) is 10.9 Å². The fraction of sp³-hybridized carbons (Fsp3) is 0.0909. The zero-order valence-electron chi connectivity index (χ0n) is 14.6. The maximum atomic E-state index is 12.3. The second-order valence-corrected chi connectivity index (χ2v) is 5.93. The van der Waals surface area contributed by atoms with E-state index in [0.717, 1.165) is 5.56 Å². The lowest BCUT2D eigenvalue weighted by atomic mass is 10.0. The molecule has 1 aromatic heterocycles. The predicted octanol–water partition coefficient (Wildman–Crippen LogP) is 3.26.